The fraction of sp³-hybridized carbons (Fsp3) is 0.476. The molecule has 1 amide bonds. The number of carbonyl (C=O) groups is 1. The van der Waals surface area contributed by atoms with E-state index in [1.54, 1.807) is 14.0 Å². The van der Waals surface area contributed by atoms with Gasteiger partial charge in [-0.15, -0.1) is 0 Å². The van der Waals surface area contributed by atoms with Crippen molar-refractivity contribution in [1.82, 2.24) is 9.47 Å². The van der Waals surface area contributed by atoms with Gasteiger partial charge in [0.25, 0.3) is 5.91 Å². The van der Waals surface area contributed by atoms with E-state index in [0.717, 1.165) is 24.2 Å². The zero-order valence-electron chi connectivity index (χ0n) is 16.0. The summed E-state index contributed by atoms with van der Waals surface area (Å²) in [6.45, 7) is 6.59. The number of hydrogen-bond donors (Lipinski definition) is 1. The first-order chi connectivity index (χ1) is 12.4. The maximum atomic E-state index is 13.2. The lowest BCUT2D eigenvalue weighted by Gasteiger charge is -2.37. The Hall–Kier alpha value is -2.27. The van der Waals surface area contributed by atoms with E-state index in [-0.39, 0.29) is 18.0 Å². The van der Waals surface area contributed by atoms with E-state index in [1.807, 2.05) is 52.1 Å². The Labute approximate surface area is 155 Å². The number of hydrogen-bond acceptors (Lipinski definition) is 3. The lowest BCUT2D eigenvalue weighted by molar-refractivity contribution is -0.0180. The highest BCUT2D eigenvalue weighted by Gasteiger charge is 2.43. The third-order valence-electron chi connectivity index (χ3n) is 5.39. The number of methoxy groups -OCH3 is 1. The molecule has 1 aliphatic heterocycles. The number of rotatable bonds is 5. The van der Waals surface area contributed by atoms with E-state index in [2.05, 4.69) is 13.8 Å². The molecular weight excluding hydrogens is 328 g/mol. The molecular formula is C21H28N2O3. The smallest absolute Gasteiger partial charge is 0.270 e. The van der Waals surface area contributed by atoms with Gasteiger partial charge in [0, 0.05) is 18.8 Å². The molecule has 0 spiro atoms. The predicted octanol–water partition coefficient (Wildman–Crippen LogP) is 3.59. The first kappa shape index (κ1) is 18.5. The molecule has 0 radical (unpaired) electrons. The van der Waals surface area contributed by atoms with E-state index in [0.29, 0.717) is 12.2 Å². The Bertz CT molecular complexity index is 762. The van der Waals surface area contributed by atoms with Crippen molar-refractivity contribution in [3.05, 3.63) is 53.9 Å². The Morgan fingerprint density at radius 2 is 1.96 bits per heavy atom. The van der Waals surface area contributed by atoms with Gasteiger partial charge in [0.15, 0.2) is 0 Å². The quantitative estimate of drug-likeness (QED) is 0.891. The maximum Gasteiger partial charge on any atom is 0.270 e. The molecule has 3 rings (SSSR count). The van der Waals surface area contributed by atoms with Gasteiger partial charge in [0.2, 0.25) is 0 Å². The van der Waals surface area contributed by atoms with Gasteiger partial charge in [0.1, 0.15) is 17.0 Å². The molecule has 1 aromatic heterocycles. The summed E-state index contributed by atoms with van der Waals surface area (Å²) in [6.07, 6.45) is 3.61. The van der Waals surface area contributed by atoms with Crippen LogP contribution in [0.15, 0.2) is 42.6 Å². The van der Waals surface area contributed by atoms with Gasteiger partial charge in [-0.25, -0.2) is 0 Å². The SMILES string of the molecule is COc1ccc([C@@](C)(O)[C@H]2CCCN2C(=O)c2cccn2C(C)C)cc1. The van der Waals surface area contributed by atoms with E-state index in [1.165, 1.54) is 0 Å². The molecule has 1 N–H and O–H groups in total. The van der Waals surface area contributed by atoms with Crippen LogP contribution in [0, 0.1) is 0 Å². The van der Waals surface area contributed by atoms with Crippen LogP contribution in [0.2, 0.25) is 0 Å². The summed E-state index contributed by atoms with van der Waals surface area (Å²) in [7, 11) is 1.62. The van der Waals surface area contributed by atoms with Crippen molar-refractivity contribution in [2.45, 2.75) is 51.3 Å². The topological polar surface area (TPSA) is 54.7 Å². The maximum absolute atomic E-state index is 13.2. The van der Waals surface area contributed by atoms with Crippen LogP contribution in [0.5, 0.6) is 5.75 Å². The molecule has 1 aliphatic rings. The van der Waals surface area contributed by atoms with Crippen molar-refractivity contribution >= 4 is 5.91 Å². The van der Waals surface area contributed by atoms with Crippen LogP contribution in [0.4, 0.5) is 0 Å². The summed E-state index contributed by atoms with van der Waals surface area (Å²) < 4.78 is 7.19. The van der Waals surface area contributed by atoms with E-state index in [4.69, 9.17) is 4.74 Å². The van der Waals surface area contributed by atoms with Crippen LogP contribution in [-0.2, 0) is 5.60 Å². The lowest BCUT2D eigenvalue weighted by atomic mass is 9.86. The van der Waals surface area contributed by atoms with Crippen molar-refractivity contribution in [1.29, 1.82) is 0 Å². The number of carbonyl (C=O) groups excluding carboxylic acids is 1. The van der Waals surface area contributed by atoms with Crippen LogP contribution < -0.4 is 4.74 Å². The average molecular weight is 356 g/mol. The number of benzene rings is 1. The van der Waals surface area contributed by atoms with Gasteiger partial charge in [-0.1, -0.05) is 12.1 Å². The third kappa shape index (κ3) is 3.23. The van der Waals surface area contributed by atoms with Crippen molar-refractivity contribution in [2.24, 2.45) is 0 Å². The first-order valence-corrected chi connectivity index (χ1v) is 9.21. The first-order valence-electron chi connectivity index (χ1n) is 9.21. The largest absolute Gasteiger partial charge is 0.497 e. The monoisotopic (exact) mass is 356 g/mol. The van der Waals surface area contributed by atoms with E-state index in [9.17, 15) is 9.90 Å². The molecule has 2 heterocycles. The summed E-state index contributed by atoms with van der Waals surface area (Å²) in [4.78, 5) is 15.0. The molecule has 5 nitrogen and oxygen atoms in total. The van der Waals surface area contributed by atoms with Crippen molar-refractivity contribution < 1.29 is 14.6 Å². The highest BCUT2D eigenvalue weighted by Crippen LogP contribution is 2.36. The van der Waals surface area contributed by atoms with Gasteiger partial charge in [-0.3, -0.25) is 4.79 Å². The Morgan fingerprint density at radius 1 is 1.27 bits per heavy atom. The molecule has 0 saturated carbocycles. The number of nitrogens with zero attached hydrogens (tertiary/aromatic N) is 2. The number of aliphatic hydroxyl groups is 1. The highest BCUT2D eigenvalue weighted by molar-refractivity contribution is 5.93. The van der Waals surface area contributed by atoms with E-state index >= 15 is 0 Å². The Balaban J connectivity index is 1.88. The van der Waals surface area contributed by atoms with Crippen LogP contribution in [0.1, 0.15) is 55.7 Å². The summed E-state index contributed by atoms with van der Waals surface area (Å²) in [5.74, 6) is 0.735. The third-order valence-corrected chi connectivity index (χ3v) is 5.39. The fourth-order valence-corrected chi connectivity index (χ4v) is 3.89. The number of aromatic nitrogens is 1. The standard InChI is InChI=1S/C21H28N2O3/c1-15(2)22-13-5-7-18(22)20(24)23-14-6-8-19(23)21(3,25)16-9-11-17(26-4)12-10-16/h5,7,9-13,15,19,25H,6,8,14H2,1-4H3/t19-,21-/m1/s1. The van der Waals surface area contributed by atoms with Gasteiger partial charge < -0.3 is 19.3 Å². The second kappa shape index (κ2) is 7.16. The van der Waals surface area contributed by atoms with Crippen molar-refractivity contribution in [3.63, 3.8) is 0 Å². The number of amides is 1. The Morgan fingerprint density at radius 3 is 2.58 bits per heavy atom. The number of ether oxygens (including phenoxy) is 1. The van der Waals surface area contributed by atoms with Crippen LogP contribution in [0.25, 0.3) is 0 Å². The minimum atomic E-state index is -1.12. The highest BCUT2D eigenvalue weighted by atomic mass is 16.5. The van der Waals surface area contributed by atoms with Crippen molar-refractivity contribution in [3.8, 4) is 5.75 Å². The van der Waals surface area contributed by atoms with Crippen LogP contribution in [0.3, 0.4) is 0 Å². The zero-order valence-corrected chi connectivity index (χ0v) is 16.0. The predicted molar refractivity (Wildman–Crippen MR) is 101 cm³/mol. The molecule has 0 bridgehead atoms. The summed E-state index contributed by atoms with van der Waals surface area (Å²) in [6, 6.07) is 11.2. The van der Waals surface area contributed by atoms with Gasteiger partial charge in [-0.05, 0) is 63.4 Å². The molecule has 2 atom stereocenters. The normalized spacial score (nSPS) is 19.6. The number of likely N-dealkylation sites (tertiary alicyclic amines) is 1. The fourth-order valence-electron chi connectivity index (χ4n) is 3.89. The average Bonchev–Trinajstić information content (AvgIpc) is 3.30. The van der Waals surface area contributed by atoms with Crippen LogP contribution >= 0.6 is 0 Å². The molecule has 1 saturated heterocycles. The molecule has 1 aromatic carbocycles. The minimum absolute atomic E-state index is 0.0139. The Kier molecular flexibility index (Phi) is 5.10. The van der Waals surface area contributed by atoms with Gasteiger partial charge in [0.05, 0.1) is 13.2 Å². The second-order valence-corrected chi connectivity index (χ2v) is 7.43. The zero-order chi connectivity index (χ0) is 18.9. The summed E-state index contributed by atoms with van der Waals surface area (Å²) in [5, 5.41) is 11.3. The minimum Gasteiger partial charge on any atom is -0.497 e. The van der Waals surface area contributed by atoms with Crippen molar-refractivity contribution in [2.75, 3.05) is 13.7 Å². The molecule has 2 aromatic rings. The van der Waals surface area contributed by atoms with Gasteiger partial charge >= 0.3 is 0 Å². The molecule has 0 unspecified atom stereocenters. The molecule has 5 heteroatoms. The second-order valence-electron chi connectivity index (χ2n) is 7.43. The lowest BCUT2D eigenvalue weighted by Crippen LogP contribution is -2.48. The summed E-state index contributed by atoms with van der Waals surface area (Å²) >= 11 is 0. The molecule has 140 valence electrons. The molecule has 26 heavy (non-hydrogen) atoms. The van der Waals surface area contributed by atoms with Gasteiger partial charge in [-0.2, -0.15) is 0 Å². The summed E-state index contributed by atoms with van der Waals surface area (Å²) in [5.41, 5.74) is 0.355. The van der Waals surface area contributed by atoms with Crippen LogP contribution in [-0.4, -0.2) is 40.2 Å². The van der Waals surface area contributed by atoms with E-state index < -0.39 is 5.60 Å². The molecule has 1 fully saturated rings. The molecule has 0 aliphatic carbocycles.